The lowest BCUT2D eigenvalue weighted by molar-refractivity contribution is 0.0945. The number of nitrogens with zero attached hydrogens (tertiary/aromatic N) is 2. The van der Waals surface area contributed by atoms with Crippen molar-refractivity contribution in [3.63, 3.8) is 0 Å². The minimum absolute atomic E-state index is 0.117. The molecule has 0 radical (unpaired) electrons. The molecular weight excluding hydrogens is 342 g/mol. The molecule has 3 aromatic rings. The fourth-order valence-electron chi connectivity index (χ4n) is 2.07. The molecule has 0 saturated heterocycles. The summed E-state index contributed by atoms with van der Waals surface area (Å²) in [6.07, 6.45) is 1.31. The molecule has 0 fully saturated rings. The molecule has 0 bridgehead atoms. The Hall–Kier alpha value is -2.87. The van der Waals surface area contributed by atoms with Gasteiger partial charge in [-0.3, -0.25) is 4.79 Å². The quantitative estimate of drug-likeness (QED) is 0.698. The number of thiazole rings is 1. The van der Waals surface area contributed by atoms with E-state index in [-0.39, 0.29) is 18.2 Å². The SMILES string of the molecule is COc1cccc(OCc2nc(C(=O)NCc3csc(C)n3)co2)c1. The van der Waals surface area contributed by atoms with Gasteiger partial charge in [0.2, 0.25) is 5.89 Å². The van der Waals surface area contributed by atoms with E-state index in [0.717, 1.165) is 10.7 Å². The van der Waals surface area contributed by atoms with Crippen LogP contribution >= 0.6 is 11.3 Å². The van der Waals surface area contributed by atoms with E-state index < -0.39 is 0 Å². The number of nitrogens with one attached hydrogen (secondary N) is 1. The van der Waals surface area contributed by atoms with Crippen LogP contribution in [-0.4, -0.2) is 23.0 Å². The first-order chi connectivity index (χ1) is 12.1. The zero-order chi connectivity index (χ0) is 17.6. The molecule has 8 heteroatoms. The predicted molar refractivity (Wildman–Crippen MR) is 91.9 cm³/mol. The summed E-state index contributed by atoms with van der Waals surface area (Å²) in [6.45, 7) is 2.39. The van der Waals surface area contributed by atoms with Crippen LogP contribution in [0.25, 0.3) is 0 Å². The number of aromatic nitrogens is 2. The second-order valence-electron chi connectivity index (χ2n) is 5.13. The van der Waals surface area contributed by atoms with Crippen LogP contribution in [0.4, 0.5) is 0 Å². The number of rotatable bonds is 7. The third-order valence-electron chi connectivity index (χ3n) is 3.28. The molecule has 0 atom stereocenters. The molecule has 1 aromatic carbocycles. The Kier molecular flexibility index (Phi) is 5.30. The fourth-order valence-corrected chi connectivity index (χ4v) is 2.68. The van der Waals surface area contributed by atoms with Crippen molar-refractivity contribution in [2.75, 3.05) is 7.11 Å². The molecule has 130 valence electrons. The number of amides is 1. The van der Waals surface area contributed by atoms with Gasteiger partial charge in [0.05, 0.1) is 24.4 Å². The summed E-state index contributed by atoms with van der Waals surface area (Å²) >= 11 is 1.54. The Morgan fingerprint density at radius 1 is 1.32 bits per heavy atom. The van der Waals surface area contributed by atoms with Gasteiger partial charge in [-0.05, 0) is 19.1 Å². The normalized spacial score (nSPS) is 10.5. The predicted octanol–water partition coefficient (Wildman–Crippen LogP) is 2.96. The summed E-state index contributed by atoms with van der Waals surface area (Å²) in [7, 11) is 1.59. The molecule has 0 unspecified atom stereocenters. The van der Waals surface area contributed by atoms with Crippen LogP contribution in [0.15, 0.2) is 40.3 Å². The maximum atomic E-state index is 12.1. The van der Waals surface area contributed by atoms with Gasteiger partial charge in [0, 0.05) is 11.4 Å². The lowest BCUT2D eigenvalue weighted by Gasteiger charge is -2.05. The molecule has 2 heterocycles. The van der Waals surface area contributed by atoms with Crippen LogP contribution in [0.1, 0.15) is 27.1 Å². The van der Waals surface area contributed by atoms with Crippen LogP contribution in [0.3, 0.4) is 0 Å². The smallest absolute Gasteiger partial charge is 0.273 e. The summed E-state index contributed by atoms with van der Waals surface area (Å²) < 4.78 is 16.0. The molecule has 3 rings (SSSR count). The molecule has 0 aliphatic rings. The number of ether oxygens (including phenoxy) is 2. The summed E-state index contributed by atoms with van der Waals surface area (Å²) in [6, 6.07) is 7.20. The van der Waals surface area contributed by atoms with Crippen molar-refractivity contribution in [3.05, 3.63) is 58.2 Å². The first-order valence-corrected chi connectivity index (χ1v) is 8.42. The average molecular weight is 359 g/mol. The van der Waals surface area contributed by atoms with Gasteiger partial charge in [0.15, 0.2) is 12.3 Å². The summed E-state index contributed by atoms with van der Waals surface area (Å²) in [5, 5.41) is 5.63. The van der Waals surface area contributed by atoms with Gasteiger partial charge in [-0.1, -0.05) is 6.07 Å². The lowest BCUT2D eigenvalue weighted by Crippen LogP contribution is -2.23. The van der Waals surface area contributed by atoms with E-state index in [4.69, 9.17) is 13.9 Å². The minimum Gasteiger partial charge on any atom is -0.497 e. The molecule has 0 aliphatic heterocycles. The summed E-state index contributed by atoms with van der Waals surface area (Å²) in [4.78, 5) is 20.5. The monoisotopic (exact) mass is 359 g/mol. The van der Waals surface area contributed by atoms with Gasteiger partial charge >= 0.3 is 0 Å². The number of methoxy groups -OCH3 is 1. The van der Waals surface area contributed by atoms with Gasteiger partial charge in [-0.25, -0.2) is 9.97 Å². The fraction of sp³-hybridized carbons (Fsp3) is 0.235. The summed E-state index contributed by atoms with van der Waals surface area (Å²) in [5.41, 5.74) is 1.03. The van der Waals surface area contributed by atoms with E-state index in [1.165, 1.54) is 6.26 Å². The van der Waals surface area contributed by atoms with Crippen molar-refractivity contribution in [3.8, 4) is 11.5 Å². The first-order valence-electron chi connectivity index (χ1n) is 7.54. The maximum absolute atomic E-state index is 12.1. The van der Waals surface area contributed by atoms with Crippen LogP contribution < -0.4 is 14.8 Å². The van der Waals surface area contributed by atoms with Crippen LogP contribution in [0.5, 0.6) is 11.5 Å². The zero-order valence-electron chi connectivity index (χ0n) is 13.8. The van der Waals surface area contributed by atoms with Crippen molar-refractivity contribution in [1.29, 1.82) is 0 Å². The van der Waals surface area contributed by atoms with Crippen LogP contribution in [-0.2, 0) is 13.2 Å². The molecule has 1 amide bonds. The summed E-state index contributed by atoms with van der Waals surface area (Å²) in [5.74, 6) is 1.32. The molecular formula is C17H17N3O4S. The van der Waals surface area contributed by atoms with Gasteiger partial charge in [0.1, 0.15) is 17.8 Å². The molecule has 0 saturated carbocycles. The second-order valence-corrected chi connectivity index (χ2v) is 6.20. The van der Waals surface area contributed by atoms with Crippen LogP contribution in [0.2, 0.25) is 0 Å². The maximum Gasteiger partial charge on any atom is 0.273 e. The van der Waals surface area contributed by atoms with Crippen molar-refractivity contribution >= 4 is 17.2 Å². The Balaban J connectivity index is 1.53. The third kappa shape index (κ3) is 4.57. The van der Waals surface area contributed by atoms with E-state index >= 15 is 0 Å². The Labute approximate surface area is 148 Å². The standard InChI is InChI=1S/C17H17N3O4S/c1-11-19-12(10-25-11)7-18-17(21)15-8-24-16(20-15)9-23-14-5-3-4-13(6-14)22-2/h3-6,8,10H,7,9H2,1-2H3,(H,18,21). The molecule has 0 spiro atoms. The third-order valence-corrected chi connectivity index (χ3v) is 4.11. The van der Waals surface area contributed by atoms with Gasteiger partial charge in [0.25, 0.3) is 5.91 Å². The number of oxazole rings is 1. The number of benzene rings is 1. The van der Waals surface area contributed by atoms with E-state index in [2.05, 4.69) is 15.3 Å². The first kappa shape index (κ1) is 17.0. The van der Waals surface area contributed by atoms with Crippen molar-refractivity contribution in [1.82, 2.24) is 15.3 Å². The number of hydrogen-bond acceptors (Lipinski definition) is 7. The number of aryl methyl sites for hydroxylation is 1. The highest BCUT2D eigenvalue weighted by atomic mass is 32.1. The Morgan fingerprint density at radius 2 is 2.16 bits per heavy atom. The number of hydrogen-bond donors (Lipinski definition) is 1. The van der Waals surface area contributed by atoms with E-state index in [0.29, 0.717) is 23.9 Å². The number of carbonyl (C=O) groups is 1. The Morgan fingerprint density at radius 3 is 2.92 bits per heavy atom. The molecule has 25 heavy (non-hydrogen) atoms. The van der Waals surface area contributed by atoms with Gasteiger partial charge in [-0.15, -0.1) is 11.3 Å². The highest BCUT2D eigenvalue weighted by Gasteiger charge is 2.13. The average Bonchev–Trinajstić information content (AvgIpc) is 3.27. The van der Waals surface area contributed by atoms with Crippen molar-refractivity contribution in [2.24, 2.45) is 0 Å². The molecule has 1 N–H and O–H groups in total. The largest absolute Gasteiger partial charge is 0.497 e. The highest BCUT2D eigenvalue weighted by molar-refractivity contribution is 7.09. The van der Waals surface area contributed by atoms with Gasteiger partial charge in [-0.2, -0.15) is 0 Å². The second kappa shape index (κ2) is 7.80. The Bertz CT molecular complexity index is 859. The zero-order valence-corrected chi connectivity index (χ0v) is 14.6. The van der Waals surface area contributed by atoms with Crippen molar-refractivity contribution in [2.45, 2.75) is 20.1 Å². The minimum atomic E-state index is -0.318. The molecule has 2 aromatic heterocycles. The van der Waals surface area contributed by atoms with E-state index in [1.54, 1.807) is 30.6 Å². The molecule has 0 aliphatic carbocycles. The molecule has 7 nitrogen and oxygen atoms in total. The topological polar surface area (TPSA) is 86.5 Å². The van der Waals surface area contributed by atoms with Gasteiger partial charge < -0.3 is 19.2 Å². The highest BCUT2D eigenvalue weighted by Crippen LogP contribution is 2.19. The number of carbonyl (C=O) groups excluding carboxylic acids is 1. The van der Waals surface area contributed by atoms with E-state index in [9.17, 15) is 4.79 Å². The van der Waals surface area contributed by atoms with Crippen LogP contribution in [0, 0.1) is 6.92 Å². The van der Waals surface area contributed by atoms with E-state index in [1.807, 2.05) is 24.4 Å². The lowest BCUT2D eigenvalue weighted by atomic mass is 10.3. The van der Waals surface area contributed by atoms with Crippen molar-refractivity contribution < 1.29 is 18.7 Å².